The Morgan fingerprint density at radius 3 is 2.53 bits per heavy atom. The van der Waals surface area contributed by atoms with Gasteiger partial charge in [-0.2, -0.15) is 0 Å². The van der Waals surface area contributed by atoms with Crippen LogP contribution in [0.5, 0.6) is 5.75 Å². The van der Waals surface area contributed by atoms with Crippen molar-refractivity contribution in [1.82, 2.24) is 9.13 Å². The van der Waals surface area contributed by atoms with Gasteiger partial charge in [-0.3, -0.25) is 18.7 Å². The maximum Gasteiger partial charge on any atom is 0.332 e. The monoisotopic (exact) mass is 457 g/mol. The lowest BCUT2D eigenvalue weighted by Gasteiger charge is -2.13. The molecule has 164 valence electrons. The first-order chi connectivity index (χ1) is 15.4. The van der Waals surface area contributed by atoms with Gasteiger partial charge >= 0.3 is 5.69 Å². The van der Waals surface area contributed by atoms with E-state index in [0.717, 1.165) is 38.7 Å². The fraction of sp³-hybridized carbons (Fsp3) is 0.136. The molecule has 0 aliphatic rings. The zero-order chi connectivity index (χ0) is 22.8. The van der Waals surface area contributed by atoms with Gasteiger partial charge in [-0.25, -0.2) is 13.6 Å². The van der Waals surface area contributed by atoms with Crippen molar-refractivity contribution in [3.63, 3.8) is 0 Å². The van der Waals surface area contributed by atoms with E-state index in [1.807, 2.05) is 0 Å². The number of carbonyl (C=O) groups excluding carboxylic acids is 1. The van der Waals surface area contributed by atoms with Gasteiger partial charge in [0.05, 0.1) is 24.9 Å². The van der Waals surface area contributed by atoms with Crippen molar-refractivity contribution in [2.45, 2.75) is 13.1 Å². The van der Waals surface area contributed by atoms with Crippen molar-refractivity contribution >= 4 is 33.1 Å². The highest BCUT2D eigenvalue weighted by Crippen LogP contribution is 2.18. The lowest BCUT2D eigenvalue weighted by Crippen LogP contribution is -2.41. The second-order valence-electron chi connectivity index (χ2n) is 6.92. The Morgan fingerprint density at radius 1 is 1.06 bits per heavy atom. The first kappa shape index (κ1) is 21.4. The average molecular weight is 457 g/mol. The highest BCUT2D eigenvalue weighted by molar-refractivity contribution is 7.17. The predicted octanol–water partition coefficient (Wildman–Crippen LogP) is 3.20. The Morgan fingerprint density at radius 2 is 1.81 bits per heavy atom. The number of methoxy groups -OCH3 is 1. The van der Waals surface area contributed by atoms with Crippen LogP contribution in [0.15, 0.2) is 63.5 Å². The summed E-state index contributed by atoms with van der Waals surface area (Å²) in [4.78, 5) is 38.6. The predicted molar refractivity (Wildman–Crippen MR) is 117 cm³/mol. The number of hydrogen-bond acceptors (Lipinski definition) is 5. The van der Waals surface area contributed by atoms with E-state index in [2.05, 4.69) is 5.32 Å². The Kier molecular flexibility index (Phi) is 5.87. The van der Waals surface area contributed by atoms with Gasteiger partial charge in [0.25, 0.3) is 5.56 Å². The van der Waals surface area contributed by atoms with E-state index in [1.54, 1.807) is 35.7 Å². The molecule has 0 spiro atoms. The molecule has 0 saturated heterocycles. The number of halogens is 2. The Balaban J connectivity index is 1.70. The third-order valence-electron chi connectivity index (χ3n) is 4.84. The largest absolute Gasteiger partial charge is 0.497 e. The number of nitrogens with zero attached hydrogens (tertiary/aromatic N) is 2. The SMILES string of the molecule is COc1ccc(Cn2c(=O)c3sccc3n(CC(=O)Nc3cc(F)ccc3F)c2=O)cc1. The van der Waals surface area contributed by atoms with Gasteiger partial charge in [0.2, 0.25) is 5.91 Å². The van der Waals surface area contributed by atoms with Gasteiger partial charge in [0.15, 0.2) is 0 Å². The van der Waals surface area contributed by atoms with Crippen molar-refractivity contribution in [2.75, 3.05) is 12.4 Å². The molecule has 32 heavy (non-hydrogen) atoms. The summed E-state index contributed by atoms with van der Waals surface area (Å²) < 4.78 is 34.9. The minimum Gasteiger partial charge on any atom is -0.497 e. The van der Waals surface area contributed by atoms with Crippen molar-refractivity contribution in [3.8, 4) is 5.75 Å². The summed E-state index contributed by atoms with van der Waals surface area (Å²) >= 11 is 1.15. The molecule has 1 amide bonds. The van der Waals surface area contributed by atoms with Gasteiger partial charge in [0.1, 0.15) is 28.6 Å². The van der Waals surface area contributed by atoms with Crippen LogP contribution < -0.4 is 21.3 Å². The van der Waals surface area contributed by atoms with Crippen LogP contribution in [0.4, 0.5) is 14.5 Å². The molecular weight excluding hydrogens is 440 g/mol. The lowest BCUT2D eigenvalue weighted by molar-refractivity contribution is -0.116. The summed E-state index contributed by atoms with van der Waals surface area (Å²) in [5.74, 6) is -1.63. The van der Waals surface area contributed by atoms with Crippen LogP contribution in [0.25, 0.3) is 10.2 Å². The van der Waals surface area contributed by atoms with Crippen molar-refractivity contribution in [3.05, 3.63) is 91.9 Å². The maximum atomic E-state index is 13.9. The van der Waals surface area contributed by atoms with Gasteiger partial charge in [-0.1, -0.05) is 12.1 Å². The summed E-state index contributed by atoms with van der Waals surface area (Å²) in [6, 6.07) is 11.1. The van der Waals surface area contributed by atoms with Crippen LogP contribution in [0.2, 0.25) is 0 Å². The highest BCUT2D eigenvalue weighted by atomic mass is 32.1. The average Bonchev–Trinajstić information content (AvgIpc) is 3.27. The molecule has 0 fully saturated rings. The standard InChI is InChI=1S/C22H17F2N3O4S/c1-31-15-5-2-13(3-6-15)11-27-21(29)20-18(8-9-32-20)26(22(27)30)12-19(28)25-17-10-14(23)4-7-16(17)24/h2-10H,11-12H2,1H3,(H,25,28). The minimum atomic E-state index is -0.808. The molecule has 7 nitrogen and oxygen atoms in total. The molecule has 2 heterocycles. The zero-order valence-corrected chi connectivity index (χ0v) is 17.6. The number of anilines is 1. The number of benzene rings is 2. The molecule has 2 aromatic carbocycles. The number of aromatic nitrogens is 2. The van der Waals surface area contributed by atoms with E-state index >= 15 is 0 Å². The second kappa shape index (κ2) is 8.75. The summed E-state index contributed by atoms with van der Waals surface area (Å²) in [5, 5.41) is 3.91. The molecule has 4 aromatic rings. The van der Waals surface area contributed by atoms with Crippen LogP contribution in [-0.4, -0.2) is 22.2 Å². The van der Waals surface area contributed by atoms with Crippen LogP contribution in [-0.2, 0) is 17.9 Å². The van der Waals surface area contributed by atoms with E-state index in [4.69, 9.17) is 4.74 Å². The molecule has 0 radical (unpaired) electrons. The molecule has 4 rings (SSSR count). The third kappa shape index (κ3) is 4.17. The zero-order valence-electron chi connectivity index (χ0n) is 16.8. The molecule has 0 unspecified atom stereocenters. The Bertz CT molecular complexity index is 1420. The molecule has 0 aliphatic carbocycles. The highest BCUT2D eigenvalue weighted by Gasteiger charge is 2.17. The number of nitrogens with one attached hydrogen (secondary N) is 1. The summed E-state index contributed by atoms with van der Waals surface area (Å²) in [7, 11) is 1.53. The van der Waals surface area contributed by atoms with Crippen LogP contribution in [0.3, 0.4) is 0 Å². The fourth-order valence-corrected chi connectivity index (χ4v) is 4.11. The number of fused-ring (bicyclic) bond motifs is 1. The normalized spacial score (nSPS) is 11.0. The van der Waals surface area contributed by atoms with E-state index < -0.39 is 35.3 Å². The molecule has 1 N–H and O–H groups in total. The quantitative estimate of drug-likeness (QED) is 0.482. The Hall–Kier alpha value is -3.79. The molecule has 2 aromatic heterocycles. The summed E-state index contributed by atoms with van der Waals surface area (Å²) in [6.07, 6.45) is 0. The topological polar surface area (TPSA) is 82.3 Å². The molecule has 0 aliphatic heterocycles. The van der Waals surface area contributed by atoms with Crippen LogP contribution >= 0.6 is 11.3 Å². The number of amides is 1. The molecule has 10 heteroatoms. The second-order valence-corrected chi connectivity index (χ2v) is 7.83. The van der Waals surface area contributed by atoms with Crippen molar-refractivity contribution in [1.29, 1.82) is 0 Å². The first-order valence-electron chi connectivity index (χ1n) is 9.46. The van der Waals surface area contributed by atoms with Gasteiger partial charge in [0, 0.05) is 6.07 Å². The minimum absolute atomic E-state index is 0.00432. The molecular formula is C22H17F2N3O4S. The molecule has 0 atom stereocenters. The fourth-order valence-electron chi connectivity index (χ4n) is 3.27. The molecule has 0 saturated carbocycles. The number of thiophene rings is 1. The van der Waals surface area contributed by atoms with E-state index in [9.17, 15) is 23.2 Å². The number of carbonyl (C=O) groups is 1. The maximum absolute atomic E-state index is 13.9. The number of hydrogen-bond donors (Lipinski definition) is 1. The van der Waals surface area contributed by atoms with Gasteiger partial charge in [-0.05, 0) is 41.3 Å². The van der Waals surface area contributed by atoms with E-state index in [1.165, 1.54) is 7.11 Å². The smallest absolute Gasteiger partial charge is 0.332 e. The van der Waals surface area contributed by atoms with Crippen LogP contribution in [0.1, 0.15) is 5.56 Å². The number of ether oxygens (including phenoxy) is 1. The number of rotatable bonds is 6. The van der Waals surface area contributed by atoms with E-state index in [-0.39, 0.29) is 12.2 Å². The summed E-state index contributed by atoms with van der Waals surface area (Å²) in [6.45, 7) is -0.486. The van der Waals surface area contributed by atoms with Gasteiger partial charge in [-0.15, -0.1) is 11.3 Å². The molecule has 0 bridgehead atoms. The summed E-state index contributed by atoms with van der Waals surface area (Å²) in [5.41, 5.74) is -0.504. The van der Waals surface area contributed by atoms with Crippen molar-refractivity contribution < 1.29 is 18.3 Å². The van der Waals surface area contributed by atoms with E-state index in [0.29, 0.717) is 21.5 Å². The van der Waals surface area contributed by atoms with Crippen LogP contribution in [0, 0.1) is 11.6 Å². The van der Waals surface area contributed by atoms with Gasteiger partial charge < -0.3 is 10.1 Å². The third-order valence-corrected chi connectivity index (χ3v) is 5.73. The first-order valence-corrected chi connectivity index (χ1v) is 10.3. The Labute approximate surface area is 184 Å². The van der Waals surface area contributed by atoms with Crippen molar-refractivity contribution in [2.24, 2.45) is 0 Å². The lowest BCUT2D eigenvalue weighted by atomic mass is 10.2.